The van der Waals surface area contributed by atoms with Crippen molar-refractivity contribution >= 4 is 11.8 Å². The van der Waals surface area contributed by atoms with Crippen molar-refractivity contribution in [1.29, 1.82) is 0 Å². The van der Waals surface area contributed by atoms with Gasteiger partial charge in [0, 0.05) is 7.05 Å². The summed E-state index contributed by atoms with van der Waals surface area (Å²) in [6, 6.07) is 0. The molecule has 1 heterocycles. The molecule has 0 aliphatic carbocycles. The standard InChI is InChI=1S/C11H22N4S/c1-10-13-14-11(15(10)2)9-12-7-5-4-6-8-16-3/h12H,4-9H2,1-3H3. The van der Waals surface area contributed by atoms with Gasteiger partial charge in [-0.05, 0) is 38.3 Å². The van der Waals surface area contributed by atoms with Gasteiger partial charge in [-0.15, -0.1) is 10.2 Å². The largest absolute Gasteiger partial charge is 0.317 e. The smallest absolute Gasteiger partial charge is 0.146 e. The highest BCUT2D eigenvalue weighted by atomic mass is 32.2. The third-order valence-corrected chi connectivity index (χ3v) is 3.36. The number of unbranched alkanes of at least 4 members (excludes halogenated alkanes) is 2. The number of rotatable bonds is 8. The summed E-state index contributed by atoms with van der Waals surface area (Å²) in [6.07, 6.45) is 6.05. The summed E-state index contributed by atoms with van der Waals surface area (Å²) < 4.78 is 2.03. The zero-order chi connectivity index (χ0) is 11.8. The van der Waals surface area contributed by atoms with E-state index in [1.807, 2.05) is 30.3 Å². The van der Waals surface area contributed by atoms with E-state index in [1.54, 1.807) is 0 Å². The molecule has 0 unspecified atom stereocenters. The number of nitrogens with zero attached hydrogens (tertiary/aromatic N) is 3. The Labute approximate surface area is 102 Å². The number of thioether (sulfide) groups is 1. The van der Waals surface area contributed by atoms with Crippen molar-refractivity contribution in [3.8, 4) is 0 Å². The Hall–Kier alpha value is -0.550. The Morgan fingerprint density at radius 3 is 2.69 bits per heavy atom. The van der Waals surface area contributed by atoms with E-state index in [9.17, 15) is 0 Å². The number of aryl methyl sites for hydroxylation is 1. The maximum Gasteiger partial charge on any atom is 0.146 e. The van der Waals surface area contributed by atoms with Gasteiger partial charge in [0.05, 0.1) is 6.54 Å². The van der Waals surface area contributed by atoms with E-state index in [0.717, 1.165) is 24.7 Å². The molecule has 0 aromatic carbocycles. The van der Waals surface area contributed by atoms with Crippen molar-refractivity contribution in [2.45, 2.75) is 32.7 Å². The summed E-state index contributed by atoms with van der Waals surface area (Å²) in [5.74, 6) is 3.26. The summed E-state index contributed by atoms with van der Waals surface area (Å²) in [4.78, 5) is 0. The van der Waals surface area contributed by atoms with E-state index in [2.05, 4.69) is 21.8 Å². The molecule has 1 aromatic rings. The van der Waals surface area contributed by atoms with Crippen molar-refractivity contribution in [1.82, 2.24) is 20.1 Å². The quantitative estimate of drug-likeness (QED) is 0.705. The van der Waals surface area contributed by atoms with Crippen molar-refractivity contribution in [2.24, 2.45) is 7.05 Å². The van der Waals surface area contributed by atoms with E-state index < -0.39 is 0 Å². The molecule has 1 rings (SSSR count). The maximum absolute atomic E-state index is 4.11. The minimum absolute atomic E-state index is 0.819. The average Bonchev–Trinajstić information content (AvgIpc) is 2.59. The molecule has 0 aliphatic rings. The molecule has 92 valence electrons. The summed E-state index contributed by atoms with van der Waals surface area (Å²) in [7, 11) is 2.00. The van der Waals surface area contributed by atoms with Gasteiger partial charge in [0.15, 0.2) is 0 Å². The molecule has 0 radical (unpaired) electrons. The van der Waals surface area contributed by atoms with Crippen LogP contribution in [0.1, 0.15) is 30.9 Å². The fourth-order valence-electron chi connectivity index (χ4n) is 1.48. The molecule has 0 spiro atoms. The fourth-order valence-corrected chi connectivity index (χ4v) is 1.97. The lowest BCUT2D eigenvalue weighted by Gasteiger charge is -2.04. The van der Waals surface area contributed by atoms with Crippen LogP contribution in [0.15, 0.2) is 0 Å². The van der Waals surface area contributed by atoms with Crippen LogP contribution in [0, 0.1) is 6.92 Å². The van der Waals surface area contributed by atoms with Crippen LogP contribution in [-0.2, 0) is 13.6 Å². The first-order valence-electron chi connectivity index (χ1n) is 5.80. The van der Waals surface area contributed by atoms with E-state index in [1.165, 1.54) is 25.0 Å². The fraction of sp³-hybridized carbons (Fsp3) is 0.818. The lowest BCUT2D eigenvalue weighted by Crippen LogP contribution is -2.17. The molecule has 0 aliphatic heterocycles. The lowest BCUT2D eigenvalue weighted by atomic mass is 10.2. The predicted octanol–water partition coefficient (Wildman–Crippen LogP) is 1.75. The van der Waals surface area contributed by atoms with Crippen LogP contribution >= 0.6 is 11.8 Å². The van der Waals surface area contributed by atoms with Gasteiger partial charge in [-0.25, -0.2) is 0 Å². The second-order valence-electron chi connectivity index (χ2n) is 3.95. The molecule has 16 heavy (non-hydrogen) atoms. The van der Waals surface area contributed by atoms with Crippen LogP contribution in [0.5, 0.6) is 0 Å². The van der Waals surface area contributed by atoms with Crippen LogP contribution in [0.4, 0.5) is 0 Å². The van der Waals surface area contributed by atoms with E-state index >= 15 is 0 Å². The summed E-state index contributed by atoms with van der Waals surface area (Å²) >= 11 is 1.92. The summed E-state index contributed by atoms with van der Waals surface area (Å²) in [5, 5.41) is 11.5. The van der Waals surface area contributed by atoms with Crippen molar-refractivity contribution in [2.75, 3.05) is 18.6 Å². The Bertz CT molecular complexity index is 298. The second-order valence-corrected chi connectivity index (χ2v) is 4.94. The molecule has 1 N–H and O–H groups in total. The molecule has 0 bridgehead atoms. The minimum atomic E-state index is 0.819. The van der Waals surface area contributed by atoms with Gasteiger partial charge in [-0.2, -0.15) is 11.8 Å². The molecular weight excluding hydrogens is 220 g/mol. The molecule has 0 atom stereocenters. The number of aromatic nitrogens is 3. The molecule has 0 fully saturated rings. The SMILES string of the molecule is CSCCCCCNCc1nnc(C)n1C. The van der Waals surface area contributed by atoms with E-state index in [0.29, 0.717) is 0 Å². The van der Waals surface area contributed by atoms with Crippen LogP contribution in [0.3, 0.4) is 0 Å². The van der Waals surface area contributed by atoms with Crippen molar-refractivity contribution in [3.05, 3.63) is 11.6 Å². The van der Waals surface area contributed by atoms with Crippen molar-refractivity contribution in [3.63, 3.8) is 0 Å². The van der Waals surface area contributed by atoms with Gasteiger partial charge in [0.25, 0.3) is 0 Å². The first-order chi connectivity index (χ1) is 7.75. The van der Waals surface area contributed by atoms with Crippen LogP contribution < -0.4 is 5.32 Å². The third kappa shape index (κ3) is 4.53. The molecule has 1 aromatic heterocycles. The Morgan fingerprint density at radius 2 is 2.06 bits per heavy atom. The lowest BCUT2D eigenvalue weighted by molar-refractivity contribution is 0.591. The maximum atomic E-state index is 4.11. The zero-order valence-electron chi connectivity index (χ0n) is 10.5. The average molecular weight is 242 g/mol. The number of nitrogens with one attached hydrogen (secondary N) is 1. The minimum Gasteiger partial charge on any atom is -0.317 e. The molecule has 5 heteroatoms. The zero-order valence-corrected chi connectivity index (χ0v) is 11.3. The number of hydrogen-bond donors (Lipinski definition) is 1. The Morgan fingerprint density at radius 1 is 1.25 bits per heavy atom. The Balaban J connectivity index is 2.05. The number of hydrogen-bond acceptors (Lipinski definition) is 4. The highest BCUT2D eigenvalue weighted by Gasteiger charge is 2.02. The highest BCUT2D eigenvalue weighted by molar-refractivity contribution is 7.98. The molecule has 0 saturated carbocycles. The van der Waals surface area contributed by atoms with Gasteiger partial charge in [0.1, 0.15) is 11.6 Å². The van der Waals surface area contributed by atoms with Gasteiger partial charge >= 0.3 is 0 Å². The molecule has 0 amide bonds. The monoisotopic (exact) mass is 242 g/mol. The molecule has 4 nitrogen and oxygen atoms in total. The van der Waals surface area contributed by atoms with Gasteiger partial charge < -0.3 is 9.88 Å². The predicted molar refractivity (Wildman–Crippen MR) is 69.7 cm³/mol. The highest BCUT2D eigenvalue weighted by Crippen LogP contribution is 2.01. The van der Waals surface area contributed by atoms with Crippen LogP contribution in [-0.4, -0.2) is 33.3 Å². The van der Waals surface area contributed by atoms with Crippen molar-refractivity contribution < 1.29 is 0 Å². The van der Waals surface area contributed by atoms with Crippen LogP contribution in [0.25, 0.3) is 0 Å². The molecule has 0 saturated heterocycles. The topological polar surface area (TPSA) is 42.7 Å². The normalized spacial score (nSPS) is 10.9. The first kappa shape index (κ1) is 13.5. The first-order valence-corrected chi connectivity index (χ1v) is 7.19. The van der Waals surface area contributed by atoms with E-state index in [4.69, 9.17) is 0 Å². The van der Waals surface area contributed by atoms with Crippen LogP contribution in [0.2, 0.25) is 0 Å². The second kappa shape index (κ2) is 7.68. The van der Waals surface area contributed by atoms with Gasteiger partial charge in [-0.1, -0.05) is 6.42 Å². The summed E-state index contributed by atoms with van der Waals surface area (Å²) in [6.45, 7) is 3.86. The van der Waals surface area contributed by atoms with E-state index in [-0.39, 0.29) is 0 Å². The molecular formula is C11H22N4S. The third-order valence-electron chi connectivity index (χ3n) is 2.67. The Kier molecular flexibility index (Phi) is 6.49. The summed E-state index contributed by atoms with van der Waals surface area (Å²) in [5.41, 5.74) is 0. The van der Waals surface area contributed by atoms with Gasteiger partial charge in [0.2, 0.25) is 0 Å². The van der Waals surface area contributed by atoms with Gasteiger partial charge in [-0.3, -0.25) is 0 Å².